The van der Waals surface area contributed by atoms with E-state index in [0.29, 0.717) is 32.1 Å². The quantitative estimate of drug-likeness (QED) is 0.720. The topological polar surface area (TPSA) is 67.2 Å². The average Bonchev–Trinajstić information content (AvgIpc) is 3.31. The number of benzene rings is 1. The van der Waals surface area contributed by atoms with Gasteiger partial charge >= 0.3 is 0 Å². The van der Waals surface area contributed by atoms with Crippen molar-refractivity contribution in [3.63, 3.8) is 0 Å². The van der Waals surface area contributed by atoms with Crippen molar-refractivity contribution < 1.29 is 4.79 Å². The van der Waals surface area contributed by atoms with Gasteiger partial charge in [-0.1, -0.05) is 23.3 Å². The molecule has 3 heterocycles. The third-order valence-corrected chi connectivity index (χ3v) is 5.24. The van der Waals surface area contributed by atoms with Crippen LogP contribution in [0.2, 0.25) is 0 Å². The minimum Gasteiger partial charge on any atom is -0.336 e. The standard InChI is InChI=1S/C17H18N6OS/c1-13-7-8-15(25-13)16(24)21-9-11-22(12-10-21)17-18-19-20-23(17)14-5-3-2-4-6-14/h2-8H,9-12H2,1H3. The molecule has 1 amide bonds. The van der Waals surface area contributed by atoms with Crippen molar-refractivity contribution in [2.24, 2.45) is 0 Å². The normalized spacial score (nSPS) is 14.8. The molecule has 1 fully saturated rings. The molecule has 0 atom stereocenters. The lowest BCUT2D eigenvalue weighted by molar-refractivity contribution is 0.0751. The lowest BCUT2D eigenvalue weighted by Gasteiger charge is -2.34. The number of thiophene rings is 1. The maximum absolute atomic E-state index is 12.6. The van der Waals surface area contributed by atoms with E-state index in [9.17, 15) is 4.79 Å². The first-order valence-electron chi connectivity index (χ1n) is 8.17. The number of aromatic nitrogens is 4. The SMILES string of the molecule is Cc1ccc(C(=O)N2CCN(c3nnnn3-c3ccccc3)CC2)s1. The molecule has 4 rings (SSSR count). The van der Waals surface area contributed by atoms with Gasteiger partial charge in [0.2, 0.25) is 5.95 Å². The Hall–Kier alpha value is -2.74. The first-order chi connectivity index (χ1) is 12.2. The summed E-state index contributed by atoms with van der Waals surface area (Å²) < 4.78 is 1.74. The molecule has 1 aromatic carbocycles. The fourth-order valence-corrected chi connectivity index (χ4v) is 3.77. The van der Waals surface area contributed by atoms with Crippen LogP contribution < -0.4 is 4.90 Å². The number of aryl methyl sites for hydroxylation is 1. The largest absolute Gasteiger partial charge is 0.336 e. The van der Waals surface area contributed by atoms with Crippen molar-refractivity contribution in [1.82, 2.24) is 25.1 Å². The van der Waals surface area contributed by atoms with Crippen LogP contribution in [-0.4, -0.2) is 57.2 Å². The van der Waals surface area contributed by atoms with Gasteiger partial charge in [-0.05, 0) is 41.6 Å². The van der Waals surface area contributed by atoms with Crippen molar-refractivity contribution in [2.75, 3.05) is 31.1 Å². The number of hydrogen-bond acceptors (Lipinski definition) is 6. The third-order valence-electron chi connectivity index (χ3n) is 4.25. The number of carbonyl (C=O) groups excluding carboxylic acids is 1. The Morgan fingerprint density at radius 1 is 1.04 bits per heavy atom. The Morgan fingerprint density at radius 2 is 1.80 bits per heavy atom. The zero-order valence-electron chi connectivity index (χ0n) is 13.9. The van der Waals surface area contributed by atoms with Crippen LogP contribution in [0.15, 0.2) is 42.5 Å². The van der Waals surface area contributed by atoms with Gasteiger partial charge in [-0.15, -0.1) is 11.3 Å². The summed E-state index contributed by atoms with van der Waals surface area (Å²) in [6, 6.07) is 13.7. The van der Waals surface area contributed by atoms with Crippen LogP contribution in [-0.2, 0) is 0 Å². The second kappa shape index (κ2) is 6.64. The minimum atomic E-state index is 0.111. The molecule has 0 bridgehead atoms. The highest BCUT2D eigenvalue weighted by atomic mass is 32.1. The van der Waals surface area contributed by atoms with Crippen LogP contribution in [0.25, 0.3) is 5.69 Å². The predicted molar refractivity (Wildman–Crippen MR) is 96.3 cm³/mol. The van der Waals surface area contributed by atoms with Gasteiger partial charge in [-0.3, -0.25) is 4.79 Å². The van der Waals surface area contributed by atoms with E-state index < -0.39 is 0 Å². The lowest BCUT2D eigenvalue weighted by atomic mass is 10.3. The summed E-state index contributed by atoms with van der Waals surface area (Å²) in [6.45, 7) is 4.77. The Kier molecular flexibility index (Phi) is 4.19. The van der Waals surface area contributed by atoms with E-state index in [1.54, 1.807) is 16.0 Å². The molecule has 1 saturated heterocycles. The monoisotopic (exact) mass is 354 g/mol. The highest BCUT2D eigenvalue weighted by molar-refractivity contribution is 7.13. The van der Waals surface area contributed by atoms with E-state index in [0.717, 1.165) is 15.4 Å². The van der Waals surface area contributed by atoms with Gasteiger partial charge in [0.15, 0.2) is 0 Å². The smallest absolute Gasteiger partial charge is 0.264 e. The number of anilines is 1. The fourth-order valence-electron chi connectivity index (χ4n) is 2.93. The number of carbonyl (C=O) groups is 1. The second-order valence-corrected chi connectivity index (χ2v) is 7.20. The number of piperazine rings is 1. The Balaban J connectivity index is 1.46. The predicted octanol–water partition coefficient (Wildman–Crippen LogP) is 1.99. The molecule has 25 heavy (non-hydrogen) atoms. The Labute approximate surface area is 149 Å². The lowest BCUT2D eigenvalue weighted by Crippen LogP contribution is -2.49. The summed E-state index contributed by atoms with van der Waals surface area (Å²) in [6.07, 6.45) is 0. The highest BCUT2D eigenvalue weighted by Gasteiger charge is 2.26. The maximum Gasteiger partial charge on any atom is 0.264 e. The van der Waals surface area contributed by atoms with Crippen molar-refractivity contribution in [3.8, 4) is 5.69 Å². The van der Waals surface area contributed by atoms with Gasteiger partial charge < -0.3 is 9.80 Å². The van der Waals surface area contributed by atoms with Crippen LogP contribution in [0, 0.1) is 6.92 Å². The summed E-state index contributed by atoms with van der Waals surface area (Å²) in [4.78, 5) is 18.6. The van der Waals surface area contributed by atoms with Crippen LogP contribution in [0.1, 0.15) is 14.5 Å². The summed E-state index contributed by atoms with van der Waals surface area (Å²) in [5.74, 6) is 0.825. The van der Waals surface area contributed by atoms with Gasteiger partial charge in [0.1, 0.15) is 0 Å². The average molecular weight is 354 g/mol. The summed E-state index contributed by atoms with van der Waals surface area (Å²) in [5.41, 5.74) is 0.926. The zero-order chi connectivity index (χ0) is 17.2. The van der Waals surface area contributed by atoms with Crippen LogP contribution in [0.3, 0.4) is 0 Å². The first-order valence-corrected chi connectivity index (χ1v) is 8.98. The Morgan fingerprint density at radius 3 is 2.48 bits per heavy atom. The summed E-state index contributed by atoms with van der Waals surface area (Å²) in [7, 11) is 0. The van der Waals surface area contributed by atoms with E-state index in [1.165, 1.54) is 0 Å². The maximum atomic E-state index is 12.6. The van der Waals surface area contributed by atoms with Crippen molar-refractivity contribution in [2.45, 2.75) is 6.92 Å². The first kappa shape index (κ1) is 15.8. The second-order valence-electron chi connectivity index (χ2n) is 5.92. The van der Waals surface area contributed by atoms with Gasteiger partial charge in [0.25, 0.3) is 5.91 Å². The molecular weight excluding hydrogens is 336 g/mol. The van der Waals surface area contributed by atoms with Crippen molar-refractivity contribution >= 4 is 23.2 Å². The molecule has 7 nitrogen and oxygen atoms in total. The molecule has 0 N–H and O–H groups in total. The number of tetrazole rings is 1. The molecule has 0 unspecified atom stereocenters. The molecular formula is C17H18N6OS. The molecule has 1 aliphatic rings. The summed E-state index contributed by atoms with van der Waals surface area (Å²) in [5, 5.41) is 12.1. The Bertz CT molecular complexity index is 866. The molecule has 2 aromatic heterocycles. The van der Waals surface area contributed by atoms with Gasteiger partial charge in [-0.25, -0.2) is 0 Å². The number of para-hydroxylation sites is 1. The van der Waals surface area contributed by atoms with E-state index in [2.05, 4.69) is 20.4 Å². The fraction of sp³-hybridized carbons (Fsp3) is 0.294. The van der Waals surface area contributed by atoms with Gasteiger partial charge in [-0.2, -0.15) is 4.68 Å². The molecule has 1 aliphatic heterocycles. The van der Waals surface area contributed by atoms with Crippen LogP contribution in [0.4, 0.5) is 5.95 Å². The van der Waals surface area contributed by atoms with E-state index in [1.807, 2.05) is 54.3 Å². The number of rotatable bonds is 3. The van der Waals surface area contributed by atoms with Gasteiger partial charge in [0, 0.05) is 31.1 Å². The van der Waals surface area contributed by atoms with E-state index in [-0.39, 0.29) is 5.91 Å². The highest BCUT2D eigenvalue weighted by Crippen LogP contribution is 2.20. The molecule has 0 spiro atoms. The molecule has 0 aliphatic carbocycles. The van der Waals surface area contributed by atoms with Crippen molar-refractivity contribution in [1.29, 1.82) is 0 Å². The number of hydrogen-bond donors (Lipinski definition) is 0. The summed E-state index contributed by atoms with van der Waals surface area (Å²) >= 11 is 1.55. The molecule has 128 valence electrons. The van der Waals surface area contributed by atoms with E-state index >= 15 is 0 Å². The third kappa shape index (κ3) is 3.12. The van der Waals surface area contributed by atoms with Crippen molar-refractivity contribution in [3.05, 3.63) is 52.2 Å². The van der Waals surface area contributed by atoms with E-state index in [4.69, 9.17) is 0 Å². The minimum absolute atomic E-state index is 0.111. The molecule has 0 radical (unpaired) electrons. The molecule has 0 saturated carbocycles. The molecule has 3 aromatic rings. The van der Waals surface area contributed by atoms with Crippen LogP contribution >= 0.6 is 11.3 Å². The number of nitrogens with zero attached hydrogens (tertiary/aromatic N) is 6. The van der Waals surface area contributed by atoms with Crippen LogP contribution in [0.5, 0.6) is 0 Å². The molecule has 8 heteroatoms. The number of amides is 1. The van der Waals surface area contributed by atoms with Gasteiger partial charge in [0.05, 0.1) is 10.6 Å². The zero-order valence-corrected chi connectivity index (χ0v) is 14.7.